The molecule has 0 heterocycles. The zero-order valence-electron chi connectivity index (χ0n) is 20.7. The van der Waals surface area contributed by atoms with Gasteiger partial charge in [-0.2, -0.15) is 0 Å². The van der Waals surface area contributed by atoms with E-state index in [1.54, 1.807) is 0 Å². The molecule has 0 spiro atoms. The minimum atomic E-state index is -6.28. The quantitative estimate of drug-likeness (QED) is 0.178. The molecule has 0 radical (unpaired) electrons. The summed E-state index contributed by atoms with van der Waals surface area (Å²) in [5, 5.41) is 19.5. The van der Waals surface area contributed by atoms with Crippen molar-refractivity contribution in [2.45, 2.75) is 36.6 Å². The molecule has 168 valence electrons. The van der Waals surface area contributed by atoms with Crippen LogP contribution < -0.4 is 276 Å². The molecule has 1 aliphatic rings. The topological polar surface area (TPSA) is 330 Å². The van der Waals surface area contributed by atoms with Crippen LogP contribution in [-0.2, 0) is 36.4 Å². The van der Waals surface area contributed by atoms with Crippen LogP contribution in [0.25, 0.3) is 0 Å². The smallest absolute Gasteiger partial charge is 0.790 e. The van der Waals surface area contributed by atoms with Gasteiger partial charge >= 0.3 is 236 Å². The molecule has 0 amide bonds. The first-order valence-corrected chi connectivity index (χ1v) is 12.2. The third kappa shape index (κ3) is 26.4. The van der Waals surface area contributed by atoms with Crippen LogP contribution in [-0.4, -0.2) is 46.8 Å². The van der Waals surface area contributed by atoms with Gasteiger partial charge in [0.05, 0.1) is 31.3 Å². The van der Waals surface area contributed by atoms with Crippen LogP contribution in [0.2, 0.25) is 0 Å². The summed E-state index contributed by atoms with van der Waals surface area (Å²) in [7, 11) is -24.9. The van der Waals surface area contributed by atoms with Gasteiger partial charge in [-0.3, -0.25) is 0 Å². The maximum Gasteiger partial charge on any atom is 1.00 e. The number of phosphoric acid groups is 4. The third-order valence-electron chi connectivity index (χ3n) is 3.00. The normalized spacial score (nSPS) is 25.7. The third-order valence-corrected chi connectivity index (χ3v) is 5.00. The summed E-state index contributed by atoms with van der Waals surface area (Å²) in [6, 6.07) is 0. The second kappa shape index (κ2) is 26.3. The molecular weight excluding hydrogens is 668 g/mol. The average Bonchev–Trinajstić information content (AvgIpc) is 2.39. The van der Waals surface area contributed by atoms with Gasteiger partial charge in [0.2, 0.25) is 0 Å². The molecule has 1 saturated carbocycles. The van der Waals surface area contributed by atoms with Crippen molar-refractivity contribution in [3.63, 3.8) is 0 Å². The van der Waals surface area contributed by atoms with Crippen molar-refractivity contribution >= 4 is 31.3 Å². The number of rotatable bonds is 8. The van der Waals surface area contributed by atoms with Gasteiger partial charge in [-0.1, -0.05) is 0 Å². The van der Waals surface area contributed by atoms with Gasteiger partial charge < -0.3 is 85.7 Å². The van der Waals surface area contributed by atoms with Crippen LogP contribution in [0.5, 0.6) is 0 Å². The first-order chi connectivity index (χ1) is 12.2. The van der Waals surface area contributed by atoms with Crippen LogP contribution in [0, 0.1) is 0 Å². The standard InChI is InChI=1S/C6H16O18P4.8Na/c7-1-2(8)4(22-26(12,13)14)6(24-28(18,19)20)5(23-27(15,16)17)3(1)21-25(9,10)11;;;;;;;;/h1-8H,(H2,9,10,11)(H2,12,13,14)(H2,15,16,17)(H2,18,19,20);;;;;;;;/q;8*+1/p-8/t1-,2+,3-,4-,5+,6+;;;;;;;;/m1......../s1. The van der Waals surface area contributed by atoms with E-state index in [1.165, 1.54) is 0 Å². The Morgan fingerprint density at radius 1 is 0.389 bits per heavy atom. The Kier molecular flexibility index (Phi) is 46.1. The van der Waals surface area contributed by atoms with Crippen molar-refractivity contribution in [2.24, 2.45) is 0 Å². The molecular formula is C6H8Na8O18P4. The molecule has 36 heavy (non-hydrogen) atoms. The summed E-state index contributed by atoms with van der Waals surface area (Å²) in [6.45, 7) is 0. The van der Waals surface area contributed by atoms with Crippen molar-refractivity contribution in [3.05, 3.63) is 0 Å². The summed E-state index contributed by atoms with van der Waals surface area (Å²) < 4.78 is 58.0. The van der Waals surface area contributed by atoms with E-state index in [4.69, 9.17) is 0 Å². The second-order valence-corrected chi connectivity index (χ2v) is 9.47. The summed E-state index contributed by atoms with van der Waals surface area (Å²) in [6.07, 6.45) is -17.6. The molecule has 1 fully saturated rings. The van der Waals surface area contributed by atoms with Gasteiger partial charge in [0.25, 0.3) is 0 Å². The molecule has 2 N–H and O–H groups in total. The van der Waals surface area contributed by atoms with E-state index in [-0.39, 0.29) is 236 Å². The predicted molar refractivity (Wildman–Crippen MR) is 61.9 cm³/mol. The van der Waals surface area contributed by atoms with Crippen molar-refractivity contribution in [3.8, 4) is 0 Å². The minimum absolute atomic E-state index is 0. The van der Waals surface area contributed by atoms with Crippen molar-refractivity contribution in [1.29, 1.82) is 0 Å². The molecule has 18 nitrogen and oxygen atoms in total. The second-order valence-electron chi connectivity index (χ2n) is 5.05. The zero-order chi connectivity index (χ0) is 22.3. The maximum absolute atomic E-state index is 10.8. The number of aliphatic hydroxyl groups is 2. The van der Waals surface area contributed by atoms with E-state index in [0.29, 0.717) is 0 Å². The summed E-state index contributed by atoms with van der Waals surface area (Å²) in [5.41, 5.74) is 0. The fraction of sp³-hybridized carbons (Fsp3) is 1.00. The summed E-state index contributed by atoms with van der Waals surface area (Å²) in [4.78, 5) is 86.3. The molecule has 30 heteroatoms. The van der Waals surface area contributed by atoms with Gasteiger partial charge in [0.1, 0.15) is 36.6 Å². The van der Waals surface area contributed by atoms with Crippen LogP contribution in [0.3, 0.4) is 0 Å². The van der Waals surface area contributed by atoms with Crippen LogP contribution in [0.4, 0.5) is 0 Å². The molecule has 0 aliphatic heterocycles. The summed E-state index contributed by atoms with van der Waals surface area (Å²) >= 11 is 0. The maximum atomic E-state index is 10.8. The van der Waals surface area contributed by atoms with Gasteiger partial charge in [0.15, 0.2) is 0 Å². The average molecular weight is 676 g/mol. The molecule has 1 aliphatic carbocycles. The van der Waals surface area contributed by atoms with Gasteiger partial charge in [-0.05, 0) is 0 Å². The van der Waals surface area contributed by atoms with E-state index in [2.05, 4.69) is 18.1 Å². The zero-order valence-corrected chi connectivity index (χ0v) is 40.3. The SMILES string of the molecule is O=P([O-])([O-])O[C@@H]1[C@@H](OP(=O)([O-])[O-])[C@H](OP(=O)([O-])[O-])[C@@H](O)[C@@H](O)[C@H]1OP(=O)([O-])[O-].[Na+].[Na+].[Na+].[Na+].[Na+].[Na+].[Na+].[Na+]. The fourth-order valence-corrected chi connectivity index (χ4v) is 4.39. The monoisotopic (exact) mass is 676 g/mol. The van der Waals surface area contributed by atoms with E-state index in [1.807, 2.05) is 0 Å². The fourth-order valence-electron chi connectivity index (χ4n) is 2.23. The minimum Gasteiger partial charge on any atom is -0.790 e. The van der Waals surface area contributed by atoms with Gasteiger partial charge in [0, 0.05) is 0 Å². The Bertz CT molecular complexity index is 692. The Hall–Kier alpha value is 8.36. The predicted octanol–water partition coefficient (Wildman–Crippen LogP) is -32.4. The van der Waals surface area contributed by atoms with Gasteiger partial charge in [-0.25, -0.2) is 0 Å². The van der Waals surface area contributed by atoms with Crippen LogP contribution >= 0.6 is 31.3 Å². The Morgan fingerprint density at radius 3 is 0.667 bits per heavy atom. The Labute approximate surface area is 381 Å². The summed E-state index contributed by atoms with van der Waals surface area (Å²) in [5.74, 6) is 0. The number of hydrogen-bond donors (Lipinski definition) is 2. The molecule has 0 aromatic carbocycles. The van der Waals surface area contributed by atoms with Crippen LogP contribution in [0.1, 0.15) is 0 Å². The van der Waals surface area contributed by atoms with E-state index in [0.717, 1.165) is 0 Å². The molecule has 6 atom stereocenters. The Morgan fingerprint density at radius 2 is 0.528 bits per heavy atom. The molecule has 0 aromatic heterocycles. The number of hydrogen-bond acceptors (Lipinski definition) is 18. The molecule has 0 saturated heterocycles. The first kappa shape index (κ1) is 63.1. The van der Waals surface area contributed by atoms with Gasteiger partial charge in [-0.15, -0.1) is 0 Å². The van der Waals surface area contributed by atoms with E-state index in [9.17, 15) is 67.6 Å². The van der Waals surface area contributed by atoms with E-state index < -0.39 is 67.9 Å². The molecule has 0 bridgehead atoms. The van der Waals surface area contributed by atoms with Crippen molar-refractivity contribution in [1.82, 2.24) is 0 Å². The molecule has 1 rings (SSSR count). The van der Waals surface area contributed by atoms with Crippen molar-refractivity contribution < 1.29 is 322 Å². The van der Waals surface area contributed by atoms with Crippen molar-refractivity contribution in [2.75, 3.05) is 0 Å². The Balaban J connectivity index is -0.000000163. The van der Waals surface area contributed by atoms with Crippen LogP contribution in [0.15, 0.2) is 0 Å². The molecule has 0 unspecified atom stereocenters. The van der Waals surface area contributed by atoms with E-state index >= 15 is 0 Å². The first-order valence-electron chi connectivity index (χ1n) is 6.38. The number of phosphoric ester groups is 4. The number of aliphatic hydroxyl groups excluding tert-OH is 2. The largest absolute Gasteiger partial charge is 1.00 e. The molecule has 0 aromatic rings.